The highest BCUT2D eigenvalue weighted by Crippen LogP contribution is 2.24. The smallest absolute Gasteiger partial charge is 0.120 e. The molecule has 1 aromatic rings. The Morgan fingerprint density at radius 2 is 2.12 bits per heavy atom. The Labute approximate surface area is 96.4 Å². The number of anilines is 1. The summed E-state index contributed by atoms with van der Waals surface area (Å²) in [4.78, 5) is 0. The van der Waals surface area contributed by atoms with Gasteiger partial charge in [-0.25, -0.2) is 0 Å². The molecule has 1 aromatic carbocycles. The number of methoxy groups -OCH3 is 1. The van der Waals surface area contributed by atoms with Crippen molar-refractivity contribution in [2.24, 2.45) is 0 Å². The minimum absolute atomic E-state index is 0.181. The molecule has 0 aliphatic heterocycles. The van der Waals surface area contributed by atoms with Gasteiger partial charge >= 0.3 is 0 Å². The zero-order chi connectivity index (χ0) is 11.4. The number of ether oxygens (including phenoxy) is 1. The standard InChI is InChI=1S/C13H19NO2/c1-16-11-6-4-5-10(9-11)14-12-7-2-3-8-13(12)15/h4-6,9,12-15H,2-3,7-8H2,1H3/t12-,13-/m1/s1. The SMILES string of the molecule is COc1cccc(N[C@@H]2CCCC[C@H]2O)c1. The van der Waals surface area contributed by atoms with Crippen LogP contribution in [0.3, 0.4) is 0 Å². The summed E-state index contributed by atoms with van der Waals surface area (Å²) in [5, 5.41) is 13.2. The minimum Gasteiger partial charge on any atom is -0.497 e. The molecule has 1 aliphatic carbocycles. The molecule has 0 amide bonds. The second-order valence-electron chi connectivity index (χ2n) is 4.33. The van der Waals surface area contributed by atoms with Gasteiger partial charge in [-0.2, -0.15) is 0 Å². The summed E-state index contributed by atoms with van der Waals surface area (Å²) >= 11 is 0. The predicted molar refractivity (Wildman–Crippen MR) is 64.9 cm³/mol. The van der Waals surface area contributed by atoms with E-state index in [-0.39, 0.29) is 12.1 Å². The Kier molecular flexibility index (Phi) is 3.67. The maximum atomic E-state index is 9.86. The molecule has 0 radical (unpaired) electrons. The highest BCUT2D eigenvalue weighted by Gasteiger charge is 2.22. The predicted octanol–water partition coefficient (Wildman–Crippen LogP) is 2.41. The van der Waals surface area contributed by atoms with Gasteiger partial charge in [0.05, 0.1) is 19.3 Å². The van der Waals surface area contributed by atoms with E-state index in [0.29, 0.717) is 0 Å². The molecule has 0 bridgehead atoms. The van der Waals surface area contributed by atoms with Crippen molar-refractivity contribution in [2.45, 2.75) is 37.8 Å². The van der Waals surface area contributed by atoms with Crippen LogP contribution in [0.4, 0.5) is 5.69 Å². The third-order valence-corrected chi connectivity index (χ3v) is 3.15. The molecule has 3 heteroatoms. The van der Waals surface area contributed by atoms with Crippen LogP contribution in [0.15, 0.2) is 24.3 Å². The fourth-order valence-corrected chi connectivity index (χ4v) is 2.21. The molecule has 2 rings (SSSR count). The Morgan fingerprint density at radius 1 is 1.31 bits per heavy atom. The van der Waals surface area contributed by atoms with Crippen LogP contribution in [-0.2, 0) is 0 Å². The summed E-state index contributed by atoms with van der Waals surface area (Å²) in [5.41, 5.74) is 1.02. The number of hydrogen-bond donors (Lipinski definition) is 2. The first-order valence-electron chi connectivity index (χ1n) is 5.88. The van der Waals surface area contributed by atoms with Crippen molar-refractivity contribution in [3.05, 3.63) is 24.3 Å². The van der Waals surface area contributed by atoms with E-state index in [1.165, 1.54) is 6.42 Å². The normalized spacial score (nSPS) is 25.1. The number of nitrogens with one attached hydrogen (secondary N) is 1. The lowest BCUT2D eigenvalue weighted by atomic mass is 9.92. The minimum atomic E-state index is -0.222. The van der Waals surface area contributed by atoms with Gasteiger partial charge in [-0.15, -0.1) is 0 Å². The molecule has 88 valence electrons. The first-order valence-corrected chi connectivity index (χ1v) is 5.88. The van der Waals surface area contributed by atoms with E-state index in [1.54, 1.807) is 7.11 Å². The van der Waals surface area contributed by atoms with Gasteiger partial charge in [0, 0.05) is 11.8 Å². The molecule has 1 fully saturated rings. The van der Waals surface area contributed by atoms with E-state index in [0.717, 1.165) is 30.7 Å². The Morgan fingerprint density at radius 3 is 2.88 bits per heavy atom. The Balaban J connectivity index is 2.01. The number of benzene rings is 1. The molecule has 3 nitrogen and oxygen atoms in total. The van der Waals surface area contributed by atoms with Crippen molar-refractivity contribution >= 4 is 5.69 Å². The lowest BCUT2D eigenvalue weighted by Crippen LogP contribution is -2.36. The van der Waals surface area contributed by atoms with Crippen LogP contribution in [0, 0.1) is 0 Å². The van der Waals surface area contributed by atoms with Crippen molar-refractivity contribution in [3.63, 3.8) is 0 Å². The van der Waals surface area contributed by atoms with Crippen molar-refractivity contribution in [2.75, 3.05) is 12.4 Å². The van der Waals surface area contributed by atoms with Crippen LogP contribution in [-0.4, -0.2) is 24.4 Å². The molecule has 16 heavy (non-hydrogen) atoms. The molecule has 0 heterocycles. The van der Waals surface area contributed by atoms with E-state index >= 15 is 0 Å². The van der Waals surface area contributed by atoms with E-state index in [4.69, 9.17) is 4.74 Å². The van der Waals surface area contributed by atoms with E-state index < -0.39 is 0 Å². The van der Waals surface area contributed by atoms with Crippen LogP contribution in [0.2, 0.25) is 0 Å². The molecular formula is C13H19NO2. The third-order valence-electron chi connectivity index (χ3n) is 3.15. The summed E-state index contributed by atoms with van der Waals surface area (Å²) < 4.78 is 5.17. The van der Waals surface area contributed by atoms with Crippen LogP contribution in [0.5, 0.6) is 5.75 Å². The maximum absolute atomic E-state index is 9.86. The molecule has 0 unspecified atom stereocenters. The molecule has 0 saturated heterocycles. The van der Waals surface area contributed by atoms with Gasteiger partial charge in [0.2, 0.25) is 0 Å². The third kappa shape index (κ3) is 2.67. The molecular weight excluding hydrogens is 202 g/mol. The van der Waals surface area contributed by atoms with Gasteiger partial charge < -0.3 is 15.2 Å². The van der Waals surface area contributed by atoms with Gasteiger partial charge in [0.25, 0.3) is 0 Å². The molecule has 1 aliphatic rings. The molecule has 1 saturated carbocycles. The first kappa shape index (κ1) is 11.3. The fourth-order valence-electron chi connectivity index (χ4n) is 2.21. The van der Waals surface area contributed by atoms with Gasteiger partial charge in [0.1, 0.15) is 5.75 Å². The summed E-state index contributed by atoms with van der Waals surface area (Å²) in [6, 6.07) is 8.02. The molecule has 2 atom stereocenters. The number of rotatable bonds is 3. The average Bonchev–Trinajstić information content (AvgIpc) is 2.32. The van der Waals surface area contributed by atoms with Crippen LogP contribution >= 0.6 is 0 Å². The average molecular weight is 221 g/mol. The van der Waals surface area contributed by atoms with Crippen molar-refractivity contribution < 1.29 is 9.84 Å². The lowest BCUT2D eigenvalue weighted by molar-refractivity contribution is 0.116. The van der Waals surface area contributed by atoms with Gasteiger partial charge in [-0.05, 0) is 25.0 Å². The van der Waals surface area contributed by atoms with Gasteiger partial charge in [-0.1, -0.05) is 18.9 Å². The highest BCUT2D eigenvalue weighted by atomic mass is 16.5. The monoisotopic (exact) mass is 221 g/mol. The Hall–Kier alpha value is -1.22. The number of aliphatic hydroxyl groups is 1. The zero-order valence-electron chi connectivity index (χ0n) is 9.65. The van der Waals surface area contributed by atoms with E-state index in [1.807, 2.05) is 24.3 Å². The van der Waals surface area contributed by atoms with Crippen LogP contribution < -0.4 is 10.1 Å². The van der Waals surface area contributed by atoms with Gasteiger partial charge in [0.15, 0.2) is 0 Å². The Bertz CT molecular complexity index is 340. The number of aliphatic hydroxyl groups excluding tert-OH is 1. The van der Waals surface area contributed by atoms with Crippen molar-refractivity contribution in [1.29, 1.82) is 0 Å². The summed E-state index contributed by atoms with van der Waals surface area (Å²) in [6.07, 6.45) is 4.05. The quantitative estimate of drug-likeness (QED) is 0.823. The topological polar surface area (TPSA) is 41.5 Å². The second kappa shape index (κ2) is 5.21. The molecule has 0 aromatic heterocycles. The van der Waals surface area contributed by atoms with E-state index in [2.05, 4.69) is 5.32 Å². The van der Waals surface area contributed by atoms with Crippen molar-refractivity contribution in [1.82, 2.24) is 0 Å². The maximum Gasteiger partial charge on any atom is 0.120 e. The lowest BCUT2D eigenvalue weighted by Gasteiger charge is -2.29. The highest BCUT2D eigenvalue weighted by molar-refractivity contribution is 5.49. The van der Waals surface area contributed by atoms with Crippen LogP contribution in [0.25, 0.3) is 0 Å². The molecule has 0 spiro atoms. The zero-order valence-corrected chi connectivity index (χ0v) is 9.65. The second-order valence-corrected chi connectivity index (χ2v) is 4.33. The summed E-state index contributed by atoms with van der Waals surface area (Å²) in [5.74, 6) is 0.843. The van der Waals surface area contributed by atoms with Crippen LogP contribution in [0.1, 0.15) is 25.7 Å². The van der Waals surface area contributed by atoms with Crippen molar-refractivity contribution in [3.8, 4) is 5.75 Å². The number of hydrogen-bond acceptors (Lipinski definition) is 3. The first-order chi connectivity index (χ1) is 7.79. The summed E-state index contributed by atoms with van der Waals surface area (Å²) in [6.45, 7) is 0. The summed E-state index contributed by atoms with van der Waals surface area (Å²) in [7, 11) is 1.66. The molecule has 2 N–H and O–H groups in total. The fraction of sp³-hybridized carbons (Fsp3) is 0.538. The van der Waals surface area contributed by atoms with E-state index in [9.17, 15) is 5.11 Å². The van der Waals surface area contributed by atoms with Gasteiger partial charge in [-0.3, -0.25) is 0 Å². The largest absolute Gasteiger partial charge is 0.497 e.